The average Bonchev–Trinajstić information content (AvgIpc) is 2.62. The summed E-state index contributed by atoms with van der Waals surface area (Å²) in [4.78, 5) is 4.03. The van der Waals surface area contributed by atoms with E-state index in [-0.39, 0.29) is 0 Å². The Bertz CT molecular complexity index is 416. The molecule has 0 amide bonds. The van der Waals surface area contributed by atoms with Crippen LogP contribution in [-0.2, 0) is 6.54 Å². The van der Waals surface area contributed by atoms with Gasteiger partial charge in [0.2, 0.25) is 0 Å². The van der Waals surface area contributed by atoms with Crippen LogP contribution in [0.5, 0.6) is 0 Å². The van der Waals surface area contributed by atoms with Gasteiger partial charge in [-0.3, -0.25) is 0 Å². The third kappa shape index (κ3) is 1.84. The van der Waals surface area contributed by atoms with E-state index in [0.717, 1.165) is 6.54 Å². The molecular weight excluding hydrogens is 172 g/mol. The van der Waals surface area contributed by atoms with E-state index in [1.165, 1.54) is 16.7 Å². The molecule has 1 aromatic heterocycles. The van der Waals surface area contributed by atoms with Crippen molar-refractivity contribution in [1.29, 1.82) is 0 Å². The molecule has 0 radical (unpaired) electrons. The van der Waals surface area contributed by atoms with Crippen LogP contribution in [0.2, 0.25) is 0 Å². The molecule has 2 rings (SSSR count). The molecule has 1 aromatic carbocycles. The first-order valence-electron chi connectivity index (χ1n) is 4.77. The maximum Gasteiger partial charge on any atom is 0.0949 e. The molecule has 0 spiro atoms. The fraction of sp³-hybridized carbons (Fsp3) is 0.250. The highest BCUT2D eigenvalue weighted by Gasteiger charge is 1.98. The van der Waals surface area contributed by atoms with Gasteiger partial charge >= 0.3 is 0 Å². The molecule has 0 aliphatic carbocycles. The standard InChI is InChI=1S/C12H14N2/c1-10-3-4-12(11(2)7-10)8-14-6-5-13-9-14/h3-7,9H,8H2,1-2H3. The lowest BCUT2D eigenvalue weighted by Crippen LogP contribution is -1.98. The molecule has 0 saturated carbocycles. The lowest BCUT2D eigenvalue weighted by Gasteiger charge is -2.07. The Kier molecular flexibility index (Phi) is 2.35. The average molecular weight is 186 g/mol. The highest BCUT2D eigenvalue weighted by molar-refractivity contribution is 5.30. The second-order valence-corrected chi connectivity index (χ2v) is 3.66. The van der Waals surface area contributed by atoms with Crippen molar-refractivity contribution in [1.82, 2.24) is 9.55 Å². The fourth-order valence-electron chi connectivity index (χ4n) is 1.60. The van der Waals surface area contributed by atoms with Crippen molar-refractivity contribution in [3.05, 3.63) is 53.6 Å². The number of nitrogens with zero attached hydrogens (tertiary/aromatic N) is 2. The van der Waals surface area contributed by atoms with Crippen LogP contribution in [0.1, 0.15) is 16.7 Å². The summed E-state index contributed by atoms with van der Waals surface area (Å²) in [6, 6.07) is 6.55. The van der Waals surface area contributed by atoms with E-state index in [4.69, 9.17) is 0 Å². The van der Waals surface area contributed by atoms with E-state index in [9.17, 15) is 0 Å². The van der Waals surface area contributed by atoms with Crippen molar-refractivity contribution in [3.63, 3.8) is 0 Å². The largest absolute Gasteiger partial charge is 0.333 e. The summed E-state index contributed by atoms with van der Waals surface area (Å²) in [5, 5.41) is 0. The Hall–Kier alpha value is -1.57. The van der Waals surface area contributed by atoms with Gasteiger partial charge in [-0.05, 0) is 25.0 Å². The molecule has 0 aliphatic rings. The Balaban J connectivity index is 2.25. The molecule has 2 aromatic rings. The molecular formula is C12H14N2. The van der Waals surface area contributed by atoms with Gasteiger partial charge in [0.25, 0.3) is 0 Å². The minimum absolute atomic E-state index is 0.909. The van der Waals surface area contributed by atoms with Crippen LogP contribution in [0.3, 0.4) is 0 Å². The summed E-state index contributed by atoms with van der Waals surface area (Å²) in [6.07, 6.45) is 5.64. The van der Waals surface area contributed by atoms with Gasteiger partial charge in [0, 0.05) is 18.9 Å². The molecule has 72 valence electrons. The van der Waals surface area contributed by atoms with Gasteiger partial charge in [-0.25, -0.2) is 4.98 Å². The normalized spacial score (nSPS) is 10.4. The second-order valence-electron chi connectivity index (χ2n) is 3.66. The molecule has 0 aliphatic heterocycles. The number of aromatic nitrogens is 2. The second kappa shape index (κ2) is 3.66. The third-order valence-corrected chi connectivity index (χ3v) is 2.41. The summed E-state index contributed by atoms with van der Waals surface area (Å²) >= 11 is 0. The summed E-state index contributed by atoms with van der Waals surface area (Å²) in [6.45, 7) is 5.18. The van der Waals surface area contributed by atoms with E-state index in [0.29, 0.717) is 0 Å². The maximum atomic E-state index is 4.03. The number of hydrogen-bond acceptors (Lipinski definition) is 1. The van der Waals surface area contributed by atoms with E-state index in [2.05, 4.69) is 41.6 Å². The van der Waals surface area contributed by atoms with Gasteiger partial charge in [-0.1, -0.05) is 23.8 Å². The maximum absolute atomic E-state index is 4.03. The quantitative estimate of drug-likeness (QED) is 0.704. The predicted octanol–water partition coefficient (Wildman–Crippen LogP) is 2.55. The minimum Gasteiger partial charge on any atom is -0.333 e. The summed E-state index contributed by atoms with van der Waals surface area (Å²) in [5.74, 6) is 0. The van der Waals surface area contributed by atoms with Crippen molar-refractivity contribution in [2.45, 2.75) is 20.4 Å². The molecule has 0 fully saturated rings. The number of imidazole rings is 1. The molecule has 2 nitrogen and oxygen atoms in total. The number of rotatable bonds is 2. The zero-order valence-corrected chi connectivity index (χ0v) is 8.57. The topological polar surface area (TPSA) is 17.8 Å². The molecule has 2 heteroatoms. The van der Waals surface area contributed by atoms with Crippen molar-refractivity contribution in [2.24, 2.45) is 0 Å². The van der Waals surface area contributed by atoms with Crippen molar-refractivity contribution >= 4 is 0 Å². The first-order valence-corrected chi connectivity index (χ1v) is 4.77. The Labute approximate surface area is 84.2 Å². The molecule has 14 heavy (non-hydrogen) atoms. The smallest absolute Gasteiger partial charge is 0.0949 e. The van der Waals surface area contributed by atoms with Crippen LogP contribution in [0.25, 0.3) is 0 Å². The lowest BCUT2D eigenvalue weighted by molar-refractivity contribution is 0.792. The van der Waals surface area contributed by atoms with Crippen LogP contribution in [-0.4, -0.2) is 9.55 Å². The first kappa shape index (κ1) is 9.00. The zero-order valence-electron chi connectivity index (χ0n) is 8.57. The van der Waals surface area contributed by atoms with Crippen molar-refractivity contribution in [3.8, 4) is 0 Å². The van der Waals surface area contributed by atoms with E-state index in [1.807, 2.05) is 18.7 Å². The van der Waals surface area contributed by atoms with Crippen LogP contribution < -0.4 is 0 Å². The van der Waals surface area contributed by atoms with Crippen LogP contribution in [0.4, 0.5) is 0 Å². The van der Waals surface area contributed by atoms with E-state index < -0.39 is 0 Å². The molecule has 0 N–H and O–H groups in total. The van der Waals surface area contributed by atoms with Crippen molar-refractivity contribution < 1.29 is 0 Å². The van der Waals surface area contributed by atoms with Gasteiger partial charge in [-0.2, -0.15) is 0 Å². The van der Waals surface area contributed by atoms with E-state index >= 15 is 0 Å². The number of aryl methyl sites for hydroxylation is 2. The summed E-state index contributed by atoms with van der Waals surface area (Å²) in [5.41, 5.74) is 4.02. The molecule has 0 saturated heterocycles. The fourth-order valence-corrected chi connectivity index (χ4v) is 1.60. The molecule has 0 unspecified atom stereocenters. The summed E-state index contributed by atoms with van der Waals surface area (Å²) < 4.78 is 2.08. The Morgan fingerprint density at radius 2 is 2.14 bits per heavy atom. The Morgan fingerprint density at radius 1 is 1.29 bits per heavy atom. The summed E-state index contributed by atoms with van der Waals surface area (Å²) in [7, 11) is 0. The molecule has 0 atom stereocenters. The number of benzene rings is 1. The van der Waals surface area contributed by atoms with Gasteiger partial charge in [0.1, 0.15) is 0 Å². The number of hydrogen-bond donors (Lipinski definition) is 0. The van der Waals surface area contributed by atoms with Crippen molar-refractivity contribution in [2.75, 3.05) is 0 Å². The highest BCUT2D eigenvalue weighted by atomic mass is 15.0. The van der Waals surface area contributed by atoms with Gasteiger partial charge in [0.15, 0.2) is 0 Å². The van der Waals surface area contributed by atoms with Gasteiger partial charge in [-0.15, -0.1) is 0 Å². The van der Waals surface area contributed by atoms with Gasteiger partial charge in [0.05, 0.1) is 6.33 Å². The lowest BCUT2D eigenvalue weighted by atomic mass is 10.1. The van der Waals surface area contributed by atoms with Crippen LogP contribution >= 0.6 is 0 Å². The first-order chi connectivity index (χ1) is 6.75. The Morgan fingerprint density at radius 3 is 2.79 bits per heavy atom. The van der Waals surface area contributed by atoms with Crippen LogP contribution in [0.15, 0.2) is 36.9 Å². The molecule has 0 bridgehead atoms. The molecule has 1 heterocycles. The monoisotopic (exact) mass is 186 g/mol. The minimum atomic E-state index is 0.909. The predicted molar refractivity (Wildman–Crippen MR) is 57.2 cm³/mol. The van der Waals surface area contributed by atoms with Crippen LogP contribution in [0, 0.1) is 13.8 Å². The van der Waals surface area contributed by atoms with Gasteiger partial charge < -0.3 is 4.57 Å². The highest BCUT2D eigenvalue weighted by Crippen LogP contribution is 2.11. The SMILES string of the molecule is Cc1ccc(Cn2ccnc2)c(C)c1. The zero-order chi connectivity index (χ0) is 9.97. The third-order valence-electron chi connectivity index (χ3n) is 2.41. The van der Waals surface area contributed by atoms with E-state index in [1.54, 1.807) is 0 Å².